The molecule has 3 heteroatoms. The second-order valence-corrected chi connectivity index (χ2v) is 3.02. The molecule has 2 nitrogen and oxygen atoms in total. The highest BCUT2D eigenvalue weighted by atomic mass is 79.9. The molecule has 0 aliphatic carbocycles. The third kappa shape index (κ3) is 2.16. The van der Waals surface area contributed by atoms with Crippen molar-refractivity contribution < 1.29 is 4.79 Å². The molecule has 0 saturated heterocycles. The lowest BCUT2D eigenvalue weighted by Crippen LogP contribution is -2.02. The first-order valence-corrected chi connectivity index (χ1v) is 4.78. The minimum absolute atomic E-state index is 0.0882. The highest BCUT2D eigenvalue weighted by Gasteiger charge is 2.02. The van der Waals surface area contributed by atoms with E-state index >= 15 is 0 Å². The van der Waals surface area contributed by atoms with Crippen molar-refractivity contribution in [2.75, 3.05) is 5.33 Å². The maximum Gasteiger partial charge on any atom is 0.173 e. The molecule has 0 aromatic heterocycles. The van der Waals surface area contributed by atoms with E-state index in [1.807, 2.05) is 18.2 Å². The van der Waals surface area contributed by atoms with Crippen LogP contribution in [0.1, 0.15) is 15.9 Å². The Labute approximate surface area is 79.9 Å². The predicted molar refractivity (Wildman–Crippen MR) is 52.5 cm³/mol. The summed E-state index contributed by atoms with van der Waals surface area (Å²) in [6.07, 6.45) is 0. The van der Waals surface area contributed by atoms with Gasteiger partial charge in [-0.05, 0) is 11.6 Å². The molecular formula is C9H10BrNO. The van der Waals surface area contributed by atoms with E-state index in [1.165, 1.54) is 0 Å². The summed E-state index contributed by atoms with van der Waals surface area (Å²) in [5, 5.41) is 0.362. The number of hydrogen-bond acceptors (Lipinski definition) is 2. The Morgan fingerprint density at radius 2 is 2.25 bits per heavy atom. The van der Waals surface area contributed by atoms with E-state index in [4.69, 9.17) is 5.73 Å². The molecule has 0 radical (unpaired) electrons. The normalized spacial score (nSPS) is 9.83. The minimum atomic E-state index is 0.0882. The van der Waals surface area contributed by atoms with E-state index in [9.17, 15) is 4.79 Å². The maximum atomic E-state index is 11.2. The lowest BCUT2D eigenvalue weighted by Gasteiger charge is -1.99. The van der Waals surface area contributed by atoms with Crippen LogP contribution in [0.2, 0.25) is 0 Å². The molecular weight excluding hydrogens is 218 g/mol. The first-order valence-electron chi connectivity index (χ1n) is 3.66. The molecule has 0 fully saturated rings. The van der Waals surface area contributed by atoms with Crippen molar-refractivity contribution >= 4 is 21.7 Å². The summed E-state index contributed by atoms with van der Waals surface area (Å²) in [6, 6.07) is 7.37. The summed E-state index contributed by atoms with van der Waals surface area (Å²) in [5.74, 6) is 0.0882. The monoisotopic (exact) mass is 227 g/mol. The zero-order valence-electron chi connectivity index (χ0n) is 6.59. The molecule has 64 valence electrons. The molecule has 0 unspecified atom stereocenters. The Hall–Kier alpha value is -0.670. The van der Waals surface area contributed by atoms with Crippen LogP contribution in [-0.2, 0) is 6.54 Å². The summed E-state index contributed by atoms with van der Waals surface area (Å²) in [6.45, 7) is 0.476. The van der Waals surface area contributed by atoms with Gasteiger partial charge in [0.1, 0.15) is 0 Å². The predicted octanol–water partition coefficient (Wildman–Crippen LogP) is 1.72. The number of Topliss-reactive ketones (excluding diaryl/α,β-unsaturated/α-hetero) is 1. The van der Waals surface area contributed by atoms with E-state index in [-0.39, 0.29) is 5.78 Å². The topological polar surface area (TPSA) is 43.1 Å². The first-order chi connectivity index (χ1) is 5.77. The van der Waals surface area contributed by atoms with E-state index in [2.05, 4.69) is 15.9 Å². The highest BCUT2D eigenvalue weighted by Crippen LogP contribution is 2.06. The highest BCUT2D eigenvalue weighted by molar-refractivity contribution is 9.09. The van der Waals surface area contributed by atoms with Crippen molar-refractivity contribution in [3.8, 4) is 0 Å². The number of rotatable bonds is 3. The summed E-state index contributed by atoms with van der Waals surface area (Å²) in [7, 11) is 0. The Morgan fingerprint density at radius 1 is 1.50 bits per heavy atom. The van der Waals surface area contributed by atoms with E-state index in [0.29, 0.717) is 11.9 Å². The number of carbonyl (C=O) groups excluding carboxylic acids is 1. The van der Waals surface area contributed by atoms with Gasteiger partial charge in [0, 0.05) is 12.1 Å². The number of ketones is 1. The van der Waals surface area contributed by atoms with Gasteiger partial charge in [0.15, 0.2) is 5.78 Å². The molecule has 1 aromatic carbocycles. The van der Waals surface area contributed by atoms with Gasteiger partial charge in [-0.15, -0.1) is 0 Å². The van der Waals surface area contributed by atoms with Gasteiger partial charge in [0.25, 0.3) is 0 Å². The van der Waals surface area contributed by atoms with Crippen LogP contribution in [0, 0.1) is 0 Å². The summed E-state index contributed by atoms with van der Waals surface area (Å²) in [5.41, 5.74) is 7.14. The largest absolute Gasteiger partial charge is 0.326 e. The Morgan fingerprint density at radius 3 is 2.83 bits per heavy atom. The van der Waals surface area contributed by atoms with Crippen LogP contribution < -0.4 is 5.73 Å². The summed E-state index contributed by atoms with van der Waals surface area (Å²) in [4.78, 5) is 11.2. The van der Waals surface area contributed by atoms with Gasteiger partial charge >= 0.3 is 0 Å². The Balaban J connectivity index is 2.93. The fourth-order valence-electron chi connectivity index (χ4n) is 0.949. The van der Waals surface area contributed by atoms with Crippen LogP contribution >= 0.6 is 15.9 Å². The zero-order chi connectivity index (χ0) is 8.97. The van der Waals surface area contributed by atoms with Gasteiger partial charge in [-0.1, -0.05) is 34.1 Å². The van der Waals surface area contributed by atoms with Crippen LogP contribution in [-0.4, -0.2) is 11.1 Å². The third-order valence-electron chi connectivity index (χ3n) is 1.61. The minimum Gasteiger partial charge on any atom is -0.326 e. The van der Waals surface area contributed by atoms with Crippen molar-refractivity contribution in [1.82, 2.24) is 0 Å². The van der Waals surface area contributed by atoms with Gasteiger partial charge in [-0.25, -0.2) is 0 Å². The van der Waals surface area contributed by atoms with Gasteiger partial charge in [0.2, 0.25) is 0 Å². The van der Waals surface area contributed by atoms with Crippen molar-refractivity contribution in [3.05, 3.63) is 35.4 Å². The molecule has 1 aromatic rings. The lowest BCUT2D eigenvalue weighted by molar-refractivity contribution is 0.102. The lowest BCUT2D eigenvalue weighted by atomic mass is 10.1. The number of benzene rings is 1. The summed E-state index contributed by atoms with van der Waals surface area (Å²) >= 11 is 3.12. The zero-order valence-corrected chi connectivity index (χ0v) is 8.17. The van der Waals surface area contributed by atoms with Crippen molar-refractivity contribution in [2.45, 2.75) is 6.54 Å². The number of hydrogen-bond donors (Lipinski definition) is 1. The number of nitrogens with two attached hydrogens (primary N) is 1. The van der Waals surface area contributed by atoms with Crippen LogP contribution in [0.4, 0.5) is 0 Å². The quantitative estimate of drug-likeness (QED) is 0.632. The number of carbonyl (C=O) groups is 1. The van der Waals surface area contributed by atoms with Gasteiger partial charge < -0.3 is 5.73 Å². The average Bonchev–Trinajstić information content (AvgIpc) is 2.17. The molecule has 0 bridgehead atoms. The fraction of sp³-hybridized carbons (Fsp3) is 0.222. The Kier molecular flexibility index (Phi) is 3.44. The fourth-order valence-corrected chi connectivity index (χ4v) is 1.27. The van der Waals surface area contributed by atoms with Gasteiger partial charge in [0.05, 0.1) is 5.33 Å². The molecule has 12 heavy (non-hydrogen) atoms. The van der Waals surface area contributed by atoms with Crippen molar-refractivity contribution in [1.29, 1.82) is 0 Å². The van der Waals surface area contributed by atoms with Gasteiger partial charge in [-0.2, -0.15) is 0 Å². The molecule has 0 spiro atoms. The standard InChI is InChI=1S/C9H10BrNO/c10-5-9(12)8-3-1-2-7(4-8)6-11/h1-4H,5-6,11H2. The van der Waals surface area contributed by atoms with E-state index < -0.39 is 0 Å². The molecule has 0 aliphatic rings. The molecule has 2 N–H and O–H groups in total. The van der Waals surface area contributed by atoms with Gasteiger partial charge in [-0.3, -0.25) is 4.79 Å². The summed E-state index contributed by atoms with van der Waals surface area (Å²) < 4.78 is 0. The van der Waals surface area contributed by atoms with Crippen LogP contribution in [0.25, 0.3) is 0 Å². The van der Waals surface area contributed by atoms with Crippen LogP contribution in [0.5, 0.6) is 0 Å². The molecule has 0 saturated carbocycles. The first kappa shape index (κ1) is 9.42. The second kappa shape index (κ2) is 4.38. The van der Waals surface area contributed by atoms with Crippen LogP contribution in [0.3, 0.4) is 0 Å². The number of alkyl halides is 1. The molecule has 0 amide bonds. The SMILES string of the molecule is NCc1cccc(C(=O)CBr)c1. The molecule has 0 heterocycles. The van der Waals surface area contributed by atoms with Crippen LogP contribution in [0.15, 0.2) is 24.3 Å². The van der Waals surface area contributed by atoms with E-state index in [1.54, 1.807) is 6.07 Å². The second-order valence-electron chi connectivity index (χ2n) is 2.46. The molecule has 0 aliphatic heterocycles. The molecule has 0 atom stereocenters. The third-order valence-corrected chi connectivity index (χ3v) is 2.12. The number of halogens is 1. The Bertz CT molecular complexity index is 286. The van der Waals surface area contributed by atoms with E-state index in [0.717, 1.165) is 11.1 Å². The molecule has 1 rings (SSSR count). The van der Waals surface area contributed by atoms with Crippen molar-refractivity contribution in [2.24, 2.45) is 5.73 Å². The van der Waals surface area contributed by atoms with Crippen molar-refractivity contribution in [3.63, 3.8) is 0 Å². The maximum absolute atomic E-state index is 11.2. The smallest absolute Gasteiger partial charge is 0.173 e. The average molecular weight is 228 g/mol.